The van der Waals surface area contributed by atoms with Gasteiger partial charge in [0.2, 0.25) is 0 Å². The van der Waals surface area contributed by atoms with Gasteiger partial charge in [-0.15, -0.1) is 0 Å². The van der Waals surface area contributed by atoms with Crippen molar-refractivity contribution < 1.29 is 4.74 Å². The Bertz CT molecular complexity index is 893. The molecule has 4 rings (SSSR count). The fourth-order valence-electron chi connectivity index (χ4n) is 3.21. The molecule has 0 radical (unpaired) electrons. The number of fused-ring (bicyclic) bond motifs is 1. The van der Waals surface area contributed by atoms with Gasteiger partial charge in [0, 0.05) is 32.9 Å². The summed E-state index contributed by atoms with van der Waals surface area (Å²) in [5.41, 5.74) is 8.26. The second-order valence-electron chi connectivity index (χ2n) is 6.17. The van der Waals surface area contributed by atoms with Gasteiger partial charge in [0.05, 0.1) is 23.8 Å². The van der Waals surface area contributed by atoms with Crippen LogP contribution in [0.25, 0.3) is 22.6 Å². The van der Waals surface area contributed by atoms with Crippen LogP contribution >= 0.6 is 0 Å². The van der Waals surface area contributed by atoms with E-state index >= 15 is 0 Å². The maximum Gasteiger partial charge on any atom is 0.182 e. The lowest BCUT2D eigenvalue weighted by Crippen LogP contribution is -2.46. The van der Waals surface area contributed by atoms with Crippen LogP contribution < -0.4 is 10.6 Å². The van der Waals surface area contributed by atoms with Crippen molar-refractivity contribution in [2.24, 2.45) is 12.8 Å². The van der Waals surface area contributed by atoms with E-state index in [-0.39, 0.29) is 6.10 Å². The summed E-state index contributed by atoms with van der Waals surface area (Å²) in [7, 11) is 1.90. The summed E-state index contributed by atoms with van der Waals surface area (Å²) >= 11 is 0. The van der Waals surface area contributed by atoms with E-state index < -0.39 is 0 Å². The molecule has 0 unspecified atom stereocenters. The second kappa shape index (κ2) is 6.38. The number of aryl methyl sites for hydroxylation is 2. The average molecular weight is 339 g/mol. The van der Waals surface area contributed by atoms with Gasteiger partial charge < -0.3 is 15.4 Å². The molecular weight excluding hydrogens is 318 g/mol. The van der Waals surface area contributed by atoms with E-state index in [4.69, 9.17) is 20.4 Å². The van der Waals surface area contributed by atoms with Crippen molar-refractivity contribution in [1.82, 2.24) is 24.7 Å². The molecule has 2 N–H and O–H groups in total. The molecule has 8 nitrogen and oxygen atoms in total. The Labute approximate surface area is 145 Å². The maximum atomic E-state index is 5.80. The van der Waals surface area contributed by atoms with Crippen LogP contribution in [0.2, 0.25) is 0 Å². The van der Waals surface area contributed by atoms with Crippen molar-refractivity contribution >= 4 is 16.9 Å². The van der Waals surface area contributed by atoms with Crippen LogP contribution in [0.1, 0.15) is 5.69 Å². The quantitative estimate of drug-likeness (QED) is 0.757. The highest BCUT2D eigenvalue weighted by Crippen LogP contribution is 2.30. The summed E-state index contributed by atoms with van der Waals surface area (Å²) in [6.45, 7) is 4.57. The van der Waals surface area contributed by atoms with Crippen molar-refractivity contribution in [3.8, 4) is 11.5 Å². The molecule has 0 bridgehead atoms. The van der Waals surface area contributed by atoms with E-state index in [9.17, 15) is 0 Å². The first kappa shape index (κ1) is 15.9. The predicted octanol–water partition coefficient (Wildman–Crippen LogP) is 0.898. The van der Waals surface area contributed by atoms with Crippen LogP contribution in [0, 0.1) is 6.92 Å². The Kier molecular flexibility index (Phi) is 4.06. The maximum absolute atomic E-state index is 5.80. The van der Waals surface area contributed by atoms with Crippen molar-refractivity contribution in [2.45, 2.75) is 13.0 Å². The minimum Gasteiger partial charge on any atom is -0.373 e. The third-order valence-electron chi connectivity index (χ3n) is 4.43. The van der Waals surface area contributed by atoms with Gasteiger partial charge >= 0.3 is 0 Å². The van der Waals surface area contributed by atoms with Crippen molar-refractivity contribution in [3.05, 3.63) is 30.1 Å². The predicted molar refractivity (Wildman–Crippen MR) is 95.3 cm³/mol. The van der Waals surface area contributed by atoms with Crippen molar-refractivity contribution in [3.63, 3.8) is 0 Å². The van der Waals surface area contributed by atoms with Crippen LogP contribution in [0.3, 0.4) is 0 Å². The molecule has 3 aromatic rings. The first-order valence-corrected chi connectivity index (χ1v) is 8.36. The van der Waals surface area contributed by atoms with Crippen molar-refractivity contribution in [1.29, 1.82) is 0 Å². The number of nitrogens with two attached hydrogens (primary N) is 1. The van der Waals surface area contributed by atoms with Gasteiger partial charge in [-0.25, -0.2) is 9.97 Å². The van der Waals surface area contributed by atoms with Gasteiger partial charge in [-0.1, -0.05) is 6.07 Å². The fourth-order valence-corrected chi connectivity index (χ4v) is 3.21. The molecule has 1 saturated heterocycles. The van der Waals surface area contributed by atoms with Gasteiger partial charge in [-0.3, -0.25) is 9.67 Å². The number of pyridine rings is 1. The fraction of sp³-hybridized carbons (Fsp3) is 0.412. The van der Waals surface area contributed by atoms with Gasteiger partial charge in [0.25, 0.3) is 0 Å². The highest BCUT2D eigenvalue weighted by atomic mass is 16.5. The van der Waals surface area contributed by atoms with Gasteiger partial charge in [0.15, 0.2) is 11.5 Å². The van der Waals surface area contributed by atoms with Crippen LogP contribution in [0.15, 0.2) is 24.4 Å². The number of morpholine rings is 1. The normalized spacial score (nSPS) is 18.0. The molecule has 0 spiro atoms. The molecular formula is C17H21N7O. The van der Waals surface area contributed by atoms with E-state index in [0.717, 1.165) is 34.8 Å². The van der Waals surface area contributed by atoms with Gasteiger partial charge in [-0.2, -0.15) is 5.10 Å². The topological polar surface area (TPSA) is 95.0 Å². The Morgan fingerprint density at radius 3 is 2.96 bits per heavy atom. The van der Waals surface area contributed by atoms with E-state index in [0.29, 0.717) is 25.5 Å². The second-order valence-corrected chi connectivity index (χ2v) is 6.17. The third kappa shape index (κ3) is 2.83. The van der Waals surface area contributed by atoms with Crippen LogP contribution in [0.5, 0.6) is 0 Å². The summed E-state index contributed by atoms with van der Waals surface area (Å²) in [4.78, 5) is 16.2. The molecule has 3 aromatic heterocycles. The van der Waals surface area contributed by atoms with E-state index in [1.54, 1.807) is 10.9 Å². The van der Waals surface area contributed by atoms with E-state index in [2.05, 4.69) is 15.0 Å². The zero-order valence-electron chi connectivity index (χ0n) is 14.4. The monoisotopic (exact) mass is 339 g/mol. The average Bonchev–Trinajstić information content (AvgIpc) is 2.96. The molecule has 1 aliphatic heterocycles. The largest absolute Gasteiger partial charge is 0.373 e. The molecule has 1 atom stereocenters. The Hall–Kier alpha value is -2.58. The minimum atomic E-state index is 0.00837. The molecule has 8 heteroatoms. The number of hydrogen-bond donors (Lipinski definition) is 1. The summed E-state index contributed by atoms with van der Waals surface area (Å²) in [5, 5.41) is 5.50. The van der Waals surface area contributed by atoms with Gasteiger partial charge in [0.1, 0.15) is 11.5 Å². The van der Waals surface area contributed by atoms with Crippen LogP contribution in [-0.4, -0.2) is 57.1 Å². The summed E-state index contributed by atoms with van der Waals surface area (Å²) in [6.07, 6.45) is 1.75. The highest BCUT2D eigenvalue weighted by molar-refractivity contribution is 5.91. The van der Waals surface area contributed by atoms with Gasteiger partial charge in [-0.05, 0) is 19.1 Å². The summed E-state index contributed by atoms with van der Waals surface area (Å²) < 4.78 is 7.49. The van der Waals surface area contributed by atoms with E-state index in [1.165, 1.54) is 0 Å². The zero-order chi connectivity index (χ0) is 17.4. The molecule has 0 aliphatic carbocycles. The molecule has 0 saturated carbocycles. The first-order valence-electron chi connectivity index (χ1n) is 8.36. The van der Waals surface area contributed by atoms with Crippen molar-refractivity contribution in [2.75, 3.05) is 31.1 Å². The number of hydrogen-bond acceptors (Lipinski definition) is 7. The van der Waals surface area contributed by atoms with Crippen LogP contribution in [0.4, 0.5) is 5.82 Å². The smallest absolute Gasteiger partial charge is 0.182 e. The standard InChI is InChI=1S/C17H21N7O/c1-11-14-16(23(2)22-11)20-15(13-5-3-4-6-19-13)21-17(14)24-7-8-25-12(9-18)10-24/h3-6,12H,7-10,18H2,1-2H3/t12-/m1/s1. The SMILES string of the molecule is Cc1nn(C)c2nc(-c3ccccn3)nc(N3CCO[C@H](CN)C3)c12. The number of aromatic nitrogens is 5. The lowest BCUT2D eigenvalue weighted by Gasteiger charge is -2.33. The number of nitrogens with zero attached hydrogens (tertiary/aromatic N) is 6. The minimum absolute atomic E-state index is 0.00837. The molecule has 25 heavy (non-hydrogen) atoms. The van der Waals surface area contributed by atoms with E-state index in [1.807, 2.05) is 32.2 Å². The number of anilines is 1. The highest BCUT2D eigenvalue weighted by Gasteiger charge is 2.25. The molecule has 1 aliphatic rings. The molecule has 130 valence electrons. The molecule has 4 heterocycles. The Balaban J connectivity index is 1.89. The Morgan fingerprint density at radius 2 is 2.20 bits per heavy atom. The first-order chi connectivity index (χ1) is 12.2. The summed E-state index contributed by atoms with van der Waals surface area (Å²) in [5.74, 6) is 1.47. The van der Waals surface area contributed by atoms with Crippen LogP contribution in [-0.2, 0) is 11.8 Å². The summed E-state index contributed by atoms with van der Waals surface area (Å²) in [6, 6.07) is 5.73. The molecule has 0 aromatic carbocycles. The number of rotatable bonds is 3. The zero-order valence-corrected chi connectivity index (χ0v) is 14.4. The Morgan fingerprint density at radius 1 is 1.32 bits per heavy atom. The number of ether oxygens (including phenoxy) is 1. The lowest BCUT2D eigenvalue weighted by molar-refractivity contribution is 0.0464. The third-order valence-corrected chi connectivity index (χ3v) is 4.43. The molecule has 1 fully saturated rings. The lowest BCUT2D eigenvalue weighted by atomic mass is 10.2. The molecule has 0 amide bonds.